The average Bonchev–Trinajstić information content (AvgIpc) is 2.44. The number of amides is 1. The van der Waals surface area contributed by atoms with Crippen LogP contribution in [0.15, 0.2) is 0 Å². The van der Waals surface area contributed by atoms with Crippen molar-refractivity contribution in [3.63, 3.8) is 0 Å². The summed E-state index contributed by atoms with van der Waals surface area (Å²) in [5.41, 5.74) is 0. The molecule has 1 amide bonds. The van der Waals surface area contributed by atoms with Crippen LogP contribution in [0.5, 0.6) is 0 Å². The second-order valence-electron chi connectivity index (χ2n) is 5.78. The Morgan fingerprint density at radius 1 is 0.762 bits per heavy atom. The van der Waals surface area contributed by atoms with Gasteiger partial charge in [-0.25, -0.2) is 0 Å². The molecule has 2 N–H and O–H groups in total. The fourth-order valence-electron chi connectivity index (χ4n) is 2.35. The summed E-state index contributed by atoms with van der Waals surface area (Å²) < 4.78 is 0. The Morgan fingerprint density at radius 3 is 1.71 bits per heavy atom. The number of carbonyl (C=O) groups excluding carboxylic acids is 1. The maximum atomic E-state index is 11.4. The van der Waals surface area contributed by atoms with Crippen molar-refractivity contribution in [2.45, 2.75) is 90.4 Å². The Morgan fingerprint density at radius 2 is 1.24 bits per heavy atom. The third-order valence-corrected chi connectivity index (χ3v) is 3.67. The predicted molar refractivity (Wildman–Crippen MR) is 86.3 cm³/mol. The van der Waals surface area contributed by atoms with E-state index >= 15 is 0 Å². The van der Waals surface area contributed by atoms with E-state index in [4.69, 9.17) is 5.11 Å². The van der Waals surface area contributed by atoms with Gasteiger partial charge in [0.2, 0.25) is 5.91 Å². The SMILES string of the molecule is CCCCCCCCCCCCCC(=O)NCCC(=O)O. The second-order valence-corrected chi connectivity index (χ2v) is 5.78. The van der Waals surface area contributed by atoms with Gasteiger partial charge in [0.05, 0.1) is 6.42 Å². The lowest BCUT2D eigenvalue weighted by molar-refractivity contribution is -0.136. The highest BCUT2D eigenvalue weighted by Gasteiger charge is 2.02. The quantitative estimate of drug-likeness (QED) is 0.444. The molecule has 0 aromatic carbocycles. The molecule has 0 spiro atoms. The Bertz CT molecular complexity index is 267. The van der Waals surface area contributed by atoms with Crippen molar-refractivity contribution in [3.05, 3.63) is 0 Å². The van der Waals surface area contributed by atoms with Gasteiger partial charge in [0.15, 0.2) is 0 Å². The molecule has 0 rings (SSSR count). The molecule has 0 aliphatic carbocycles. The van der Waals surface area contributed by atoms with Crippen molar-refractivity contribution in [2.24, 2.45) is 0 Å². The molecule has 0 aromatic rings. The van der Waals surface area contributed by atoms with Crippen molar-refractivity contribution in [3.8, 4) is 0 Å². The lowest BCUT2D eigenvalue weighted by atomic mass is 10.1. The van der Waals surface area contributed by atoms with E-state index in [0.29, 0.717) is 6.42 Å². The molecule has 0 fully saturated rings. The zero-order chi connectivity index (χ0) is 15.8. The van der Waals surface area contributed by atoms with E-state index in [0.717, 1.165) is 12.8 Å². The zero-order valence-corrected chi connectivity index (χ0v) is 13.7. The Hall–Kier alpha value is -1.06. The van der Waals surface area contributed by atoms with Crippen LogP contribution in [-0.4, -0.2) is 23.5 Å². The third-order valence-electron chi connectivity index (χ3n) is 3.67. The van der Waals surface area contributed by atoms with Crippen LogP contribution < -0.4 is 5.32 Å². The van der Waals surface area contributed by atoms with Crippen molar-refractivity contribution in [1.29, 1.82) is 0 Å². The maximum Gasteiger partial charge on any atom is 0.305 e. The molecule has 0 radical (unpaired) electrons. The molecule has 0 heterocycles. The number of nitrogens with one attached hydrogen (secondary N) is 1. The average molecular weight is 299 g/mol. The van der Waals surface area contributed by atoms with Crippen molar-refractivity contribution in [2.75, 3.05) is 6.54 Å². The summed E-state index contributed by atoms with van der Waals surface area (Å²) in [6.45, 7) is 2.48. The molecule has 0 aliphatic rings. The van der Waals surface area contributed by atoms with E-state index in [1.807, 2.05) is 0 Å². The van der Waals surface area contributed by atoms with Gasteiger partial charge >= 0.3 is 5.97 Å². The fraction of sp³-hybridized carbons (Fsp3) is 0.882. The summed E-state index contributed by atoms with van der Waals surface area (Å²) in [5.74, 6) is -0.892. The van der Waals surface area contributed by atoms with Gasteiger partial charge in [-0.2, -0.15) is 0 Å². The zero-order valence-electron chi connectivity index (χ0n) is 13.7. The Kier molecular flexibility index (Phi) is 14.6. The monoisotopic (exact) mass is 299 g/mol. The van der Waals surface area contributed by atoms with Crippen LogP contribution in [0.3, 0.4) is 0 Å². The molecule has 0 aromatic heterocycles. The molecule has 124 valence electrons. The van der Waals surface area contributed by atoms with Crippen LogP contribution in [0.1, 0.15) is 90.4 Å². The summed E-state index contributed by atoms with van der Waals surface area (Å²) >= 11 is 0. The molecule has 0 bridgehead atoms. The van der Waals surface area contributed by atoms with E-state index in [1.54, 1.807) is 0 Å². The minimum atomic E-state index is -0.870. The Labute approximate surface area is 129 Å². The highest BCUT2D eigenvalue weighted by Crippen LogP contribution is 2.11. The van der Waals surface area contributed by atoms with Crippen LogP contribution in [0.2, 0.25) is 0 Å². The first kappa shape index (κ1) is 19.9. The Balaban J connectivity index is 3.14. The summed E-state index contributed by atoms with van der Waals surface area (Å²) in [4.78, 5) is 21.7. The molecule has 4 heteroatoms. The number of rotatable bonds is 15. The first-order valence-electron chi connectivity index (χ1n) is 8.65. The normalized spacial score (nSPS) is 10.5. The largest absolute Gasteiger partial charge is 0.481 e. The van der Waals surface area contributed by atoms with Crippen LogP contribution in [0, 0.1) is 0 Å². The molecule has 0 saturated heterocycles. The van der Waals surface area contributed by atoms with Crippen LogP contribution in [-0.2, 0) is 9.59 Å². The molecule has 0 atom stereocenters. The molecule has 21 heavy (non-hydrogen) atoms. The van der Waals surface area contributed by atoms with Gasteiger partial charge in [-0.3, -0.25) is 9.59 Å². The third kappa shape index (κ3) is 16.9. The van der Waals surface area contributed by atoms with Gasteiger partial charge in [0.25, 0.3) is 0 Å². The number of carboxylic acid groups (broad SMARTS) is 1. The molecular formula is C17H33NO3. The molecule has 0 aliphatic heterocycles. The number of carbonyl (C=O) groups is 2. The summed E-state index contributed by atoms with van der Waals surface area (Å²) in [7, 11) is 0. The lowest BCUT2D eigenvalue weighted by Crippen LogP contribution is -2.25. The number of carboxylic acids is 1. The molecule has 4 nitrogen and oxygen atoms in total. The van der Waals surface area contributed by atoms with Gasteiger partial charge in [-0.1, -0.05) is 71.1 Å². The number of hydrogen-bond acceptors (Lipinski definition) is 2. The maximum absolute atomic E-state index is 11.4. The smallest absolute Gasteiger partial charge is 0.305 e. The van der Waals surface area contributed by atoms with Gasteiger partial charge < -0.3 is 10.4 Å². The van der Waals surface area contributed by atoms with E-state index in [1.165, 1.54) is 57.8 Å². The standard InChI is InChI=1S/C17H33NO3/c1-2-3-4-5-6-7-8-9-10-11-12-13-16(19)18-15-14-17(20)21/h2-15H2,1H3,(H,18,19)(H,20,21). The predicted octanol–water partition coefficient (Wildman–Crippen LogP) is 4.28. The van der Waals surface area contributed by atoms with E-state index < -0.39 is 5.97 Å². The molecular weight excluding hydrogens is 266 g/mol. The number of unbranched alkanes of at least 4 members (excludes halogenated alkanes) is 10. The van der Waals surface area contributed by atoms with Gasteiger partial charge in [0.1, 0.15) is 0 Å². The molecule has 0 saturated carbocycles. The highest BCUT2D eigenvalue weighted by molar-refractivity contribution is 5.76. The van der Waals surface area contributed by atoms with Gasteiger partial charge in [0, 0.05) is 13.0 Å². The lowest BCUT2D eigenvalue weighted by Gasteiger charge is -2.04. The first-order valence-corrected chi connectivity index (χ1v) is 8.65. The van der Waals surface area contributed by atoms with E-state index in [-0.39, 0.29) is 18.9 Å². The summed E-state index contributed by atoms with van der Waals surface area (Å²) in [6.07, 6.45) is 14.5. The fourth-order valence-corrected chi connectivity index (χ4v) is 2.35. The minimum absolute atomic E-state index is 0.00396. The van der Waals surface area contributed by atoms with Crippen molar-refractivity contribution >= 4 is 11.9 Å². The van der Waals surface area contributed by atoms with E-state index in [2.05, 4.69) is 12.2 Å². The van der Waals surface area contributed by atoms with Crippen molar-refractivity contribution in [1.82, 2.24) is 5.32 Å². The second kappa shape index (κ2) is 15.3. The van der Waals surface area contributed by atoms with Crippen LogP contribution >= 0.6 is 0 Å². The number of aliphatic carboxylic acids is 1. The summed E-state index contributed by atoms with van der Waals surface area (Å²) in [5, 5.41) is 11.1. The van der Waals surface area contributed by atoms with Crippen molar-refractivity contribution < 1.29 is 14.7 Å². The highest BCUT2D eigenvalue weighted by atomic mass is 16.4. The van der Waals surface area contributed by atoms with Crippen LogP contribution in [0.25, 0.3) is 0 Å². The topological polar surface area (TPSA) is 66.4 Å². The van der Waals surface area contributed by atoms with Crippen LogP contribution in [0.4, 0.5) is 0 Å². The molecule has 0 unspecified atom stereocenters. The van der Waals surface area contributed by atoms with E-state index in [9.17, 15) is 9.59 Å². The number of hydrogen-bond donors (Lipinski definition) is 2. The van der Waals surface area contributed by atoms with Gasteiger partial charge in [-0.05, 0) is 6.42 Å². The minimum Gasteiger partial charge on any atom is -0.481 e. The van der Waals surface area contributed by atoms with Gasteiger partial charge in [-0.15, -0.1) is 0 Å². The first-order chi connectivity index (χ1) is 10.2. The summed E-state index contributed by atoms with van der Waals surface area (Å²) in [6, 6.07) is 0.